The lowest BCUT2D eigenvalue weighted by molar-refractivity contribution is -0.238. The summed E-state index contributed by atoms with van der Waals surface area (Å²) in [6, 6.07) is 9.98. The van der Waals surface area contributed by atoms with Crippen LogP contribution in [0.2, 0.25) is 0 Å². The van der Waals surface area contributed by atoms with Gasteiger partial charge in [0.05, 0.1) is 33.0 Å². The lowest BCUT2D eigenvalue weighted by Gasteiger charge is -2.42. The van der Waals surface area contributed by atoms with Crippen LogP contribution in [0.3, 0.4) is 0 Å². The Labute approximate surface area is 237 Å². The SMILES string of the molecule is COC1[C@@H](O)[C@H](O)[C@@H](CO)O[C@H]1c1cc(Cc2ccc(OCCNC(=O)NC(CO)(CO)CO)cc2)c(C)cc1O. The number of ether oxygens (including phenoxy) is 3. The van der Waals surface area contributed by atoms with Crippen molar-refractivity contribution >= 4 is 6.03 Å². The van der Waals surface area contributed by atoms with Crippen molar-refractivity contribution in [2.45, 2.75) is 49.4 Å². The van der Waals surface area contributed by atoms with Gasteiger partial charge in [0.2, 0.25) is 0 Å². The Morgan fingerprint density at radius 1 is 1.02 bits per heavy atom. The molecule has 1 unspecified atom stereocenters. The van der Waals surface area contributed by atoms with Crippen molar-refractivity contribution < 1.29 is 54.8 Å². The number of urea groups is 1. The van der Waals surface area contributed by atoms with Crippen molar-refractivity contribution in [3.05, 3.63) is 58.7 Å². The van der Waals surface area contributed by atoms with Crippen molar-refractivity contribution in [2.24, 2.45) is 0 Å². The second-order valence-corrected chi connectivity index (χ2v) is 10.1. The van der Waals surface area contributed by atoms with Gasteiger partial charge in [-0.1, -0.05) is 12.1 Å². The molecule has 0 radical (unpaired) electrons. The molecule has 5 atom stereocenters. The fourth-order valence-electron chi connectivity index (χ4n) is 4.59. The molecule has 0 bridgehead atoms. The van der Waals surface area contributed by atoms with Crippen molar-refractivity contribution in [1.29, 1.82) is 0 Å². The van der Waals surface area contributed by atoms with Crippen LogP contribution < -0.4 is 15.4 Å². The summed E-state index contributed by atoms with van der Waals surface area (Å²) in [6.45, 7) is -0.247. The number of phenols is 1. The smallest absolute Gasteiger partial charge is 0.315 e. The zero-order valence-corrected chi connectivity index (χ0v) is 23.1. The van der Waals surface area contributed by atoms with E-state index in [1.807, 2.05) is 19.1 Å². The molecule has 228 valence electrons. The van der Waals surface area contributed by atoms with Gasteiger partial charge >= 0.3 is 6.03 Å². The van der Waals surface area contributed by atoms with Gasteiger partial charge in [-0.2, -0.15) is 0 Å². The average Bonchev–Trinajstić information content (AvgIpc) is 2.97. The third kappa shape index (κ3) is 7.84. The zero-order valence-electron chi connectivity index (χ0n) is 23.1. The van der Waals surface area contributed by atoms with Crippen LogP contribution >= 0.6 is 0 Å². The summed E-state index contributed by atoms with van der Waals surface area (Å²) in [6.07, 6.45) is -5.10. The molecule has 0 spiro atoms. The number of aliphatic hydroxyl groups is 6. The molecule has 13 heteroatoms. The lowest BCUT2D eigenvalue weighted by atomic mass is 9.88. The molecule has 13 nitrogen and oxygen atoms in total. The molecule has 1 saturated heterocycles. The zero-order chi connectivity index (χ0) is 30.2. The minimum atomic E-state index is -1.52. The first-order valence-corrected chi connectivity index (χ1v) is 13.2. The van der Waals surface area contributed by atoms with Crippen LogP contribution in [0, 0.1) is 6.92 Å². The Morgan fingerprint density at radius 3 is 2.27 bits per heavy atom. The third-order valence-corrected chi connectivity index (χ3v) is 7.19. The van der Waals surface area contributed by atoms with E-state index in [9.17, 15) is 40.5 Å². The number of hydrogen-bond donors (Lipinski definition) is 9. The topological polar surface area (TPSA) is 210 Å². The normalized spacial score (nSPS) is 22.8. The molecule has 2 amide bonds. The predicted octanol–water partition coefficient (Wildman–Crippen LogP) is -1.15. The summed E-state index contributed by atoms with van der Waals surface area (Å²) >= 11 is 0. The van der Waals surface area contributed by atoms with Crippen molar-refractivity contribution in [3.63, 3.8) is 0 Å². The minimum absolute atomic E-state index is 0.0561. The first-order valence-electron chi connectivity index (χ1n) is 13.2. The van der Waals surface area contributed by atoms with E-state index in [0.29, 0.717) is 17.7 Å². The molecular weight excluding hydrogens is 540 g/mol. The van der Waals surface area contributed by atoms with E-state index < -0.39 is 68.5 Å². The Hall–Kier alpha value is -3.01. The number of aryl methyl sites for hydroxylation is 1. The van der Waals surface area contributed by atoms with Gasteiger partial charge in [0, 0.05) is 12.7 Å². The fraction of sp³-hybridized carbons (Fsp3) is 0.536. The molecule has 1 aliphatic rings. The van der Waals surface area contributed by atoms with Gasteiger partial charge in [0.25, 0.3) is 0 Å². The van der Waals surface area contributed by atoms with Crippen molar-refractivity contribution in [1.82, 2.24) is 10.6 Å². The van der Waals surface area contributed by atoms with Crippen LogP contribution in [-0.2, 0) is 15.9 Å². The second kappa shape index (κ2) is 14.8. The maximum atomic E-state index is 12.0. The number of phenolic OH excluding ortho intramolecular Hbond substituents is 1. The fourth-order valence-corrected chi connectivity index (χ4v) is 4.59. The van der Waals surface area contributed by atoms with E-state index in [1.165, 1.54) is 7.11 Å². The van der Waals surface area contributed by atoms with Gasteiger partial charge in [0.15, 0.2) is 0 Å². The summed E-state index contributed by atoms with van der Waals surface area (Å²) in [4.78, 5) is 12.0. The summed E-state index contributed by atoms with van der Waals surface area (Å²) in [5.41, 5.74) is 1.50. The summed E-state index contributed by atoms with van der Waals surface area (Å²) in [5.74, 6) is 0.509. The number of nitrogens with one attached hydrogen (secondary N) is 2. The molecule has 41 heavy (non-hydrogen) atoms. The molecule has 1 aliphatic heterocycles. The molecule has 1 fully saturated rings. The summed E-state index contributed by atoms with van der Waals surface area (Å²) < 4.78 is 16.9. The summed E-state index contributed by atoms with van der Waals surface area (Å²) in [5, 5.41) is 73.7. The van der Waals surface area contributed by atoms with E-state index in [2.05, 4.69) is 10.6 Å². The van der Waals surface area contributed by atoms with E-state index in [4.69, 9.17) is 14.2 Å². The Morgan fingerprint density at radius 2 is 1.68 bits per heavy atom. The number of rotatable bonds is 13. The van der Waals surface area contributed by atoms with Crippen LogP contribution in [0.4, 0.5) is 4.79 Å². The van der Waals surface area contributed by atoms with Gasteiger partial charge in [-0.3, -0.25) is 0 Å². The van der Waals surface area contributed by atoms with Gasteiger partial charge in [-0.25, -0.2) is 4.79 Å². The number of hydrogen-bond acceptors (Lipinski definition) is 11. The third-order valence-electron chi connectivity index (χ3n) is 7.19. The number of methoxy groups -OCH3 is 1. The van der Waals surface area contributed by atoms with Crippen LogP contribution in [0.25, 0.3) is 0 Å². The maximum Gasteiger partial charge on any atom is 0.315 e. The first-order chi connectivity index (χ1) is 19.6. The number of aliphatic hydroxyl groups excluding tert-OH is 6. The van der Waals surface area contributed by atoms with Crippen LogP contribution in [0.5, 0.6) is 11.5 Å². The Bertz CT molecular complexity index is 1120. The molecule has 2 aromatic carbocycles. The number of carbonyl (C=O) groups is 1. The molecule has 0 aromatic heterocycles. The molecule has 9 N–H and O–H groups in total. The first kappa shape index (κ1) is 32.5. The summed E-state index contributed by atoms with van der Waals surface area (Å²) in [7, 11) is 1.37. The molecule has 3 rings (SSSR count). The van der Waals surface area contributed by atoms with E-state index in [-0.39, 0.29) is 18.9 Å². The van der Waals surface area contributed by atoms with Crippen LogP contribution in [0.15, 0.2) is 36.4 Å². The molecule has 0 saturated carbocycles. The van der Waals surface area contributed by atoms with Crippen molar-refractivity contribution in [3.8, 4) is 11.5 Å². The molecule has 0 aliphatic carbocycles. The van der Waals surface area contributed by atoms with E-state index >= 15 is 0 Å². The van der Waals surface area contributed by atoms with Gasteiger partial charge < -0.3 is 60.6 Å². The highest BCUT2D eigenvalue weighted by molar-refractivity contribution is 5.74. The molecule has 2 aromatic rings. The minimum Gasteiger partial charge on any atom is -0.508 e. The van der Waals surface area contributed by atoms with Crippen LogP contribution in [0.1, 0.15) is 28.4 Å². The van der Waals surface area contributed by atoms with Crippen LogP contribution in [-0.4, -0.2) is 118 Å². The highest BCUT2D eigenvalue weighted by atomic mass is 16.6. The lowest BCUT2D eigenvalue weighted by Crippen LogP contribution is -2.59. The molecule has 1 heterocycles. The molecular formula is C28H40N2O11. The predicted molar refractivity (Wildman–Crippen MR) is 146 cm³/mol. The average molecular weight is 581 g/mol. The van der Waals surface area contributed by atoms with Gasteiger partial charge in [0.1, 0.15) is 54.2 Å². The van der Waals surface area contributed by atoms with Crippen molar-refractivity contribution in [2.75, 3.05) is 46.7 Å². The highest BCUT2D eigenvalue weighted by Crippen LogP contribution is 2.39. The van der Waals surface area contributed by atoms with E-state index in [1.54, 1.807) is 24.3 Å². The second-order valence-electron chi connectivity index (χ2n) is 10.1. The van der Waals surface area contributed by atoms with Gasteiger partial charge in [-0.15, -0.1) is 0 Å². The number of carbonyl (C=O) groups excluding carboxylic acids is 1. The van der Waals surface area contributed by atoms with Gasteiger partial charge in [-0.05, 0) is 54.3 Å². The van der Waals surface area contributed by atoms with E-state index in [0.717, 1.165) is 16.7 Å². The Balaban J connectivity index is 1.62. The monoisotopic (exact) mass is 580 g/mol. The highest BCUT2D eigenvalue weighted by Gasteiger charge is 2.46. The number of aromatic hydroxyl groups is 1. The number of benzene rings is 2. The largest absolute Gasteiger partial charge is 0.508 e. The standard InChI is InChI=1S/C28H40N2O11/c1-16-9-21(35)20(25-26(39-2)24(37)23(36)22(12-31)41-25)11-18(16)10-17-3-5-19(6-4-17)40-8-7-29-27(38)30-28(13-32,14-33)15-34/h3-6,9,11,22-26,31-37H,7-8,10,12-15H2,1-2H3,(H2,29,30,38)/t22-,23-,24+,25+,26?/m1/s1. The quantitative estimate of drug-likeness (QED) is 0.129. The maximum absolute atomic E-state index is 12.0. The Kier molecular flexibility index (Phi) is 11.7. The number of amides is 2.